The number of methoxy groups -OCH3 is 1. The molecule has 2 aromatic carbocycles. The summed E-state index contributed by atoms with van der Waals surface area (Å²) in [4.78, 5) is 50.1. The van der Waals surface area contributed by atoms with Gasteiger partial charge in [0.2, 0.25) is 0 Å². The Morgan fingerprint density at radius 1 is 1.08 bits per heavy atom. The van der Waals surface area contributed by atoms with Gasteiger partial charge in [-0.1, -0.05) is 6.07 Å². The first-order valence-corrected chi connectivity index (χ1v) is 13.8. The molecule has 38 heavy (non-hydrogen) atoms. The van der Waals surface area contributed by atoms with E-state index >= 15 is 0 Å². The SMILES string of the molecule is COc1ccc(C23CC4CC(CC(C4)C2)C3)cc1/C=C1/SC(=O)N(CC(=O)c2ccc([N+](=O)[O-])cc2)C1=O. The van der Waals surface area contributed by atoms with Gasteiger partial charge in [-0.25, -0.2) is 0 Å². The van der Waals surface area contributed by atoms with Crippen LogP contribution in [0.3, 0.4) is 0 Å². The molecule has 0 N–H and O–H groups in total. The average Bonchev–Trinajstić information content (AvgIpc) is 3.15. The molecule has 196 valence electrons. The highest BCUT2D eigenvalue weighted by Crippen LogP contribution is 2.61. The summed E-state index contributed by atoms with van der Waals surface area (Å²) in [6, 6.07) is 11.4. The van der Waals surface area contributed by atoms with Gasteiger partial charge in [-0.2, -0.15) is 0 Å². The summed E-state index contributed by atoms with van der Waals surface area (Å²) in [6.45, 7) is -0.426. The molecular formula is C29H28N2O6S. The highest BCUT2D eigenvalue weighted by Gasteiger charge is 2.51. The molecule has 0 unspecified atom stereocenters. The summed E-state index contributed by atoms with van der Waals surface area (Å²) in [5.74, 6) is 2.04. The molecule has 5 aliphatic rings. The van der Waals surface area contributed by atoms with Crippen LogP contribution in [0, 0.1) is 27.9 Å². The van der Waals surface area contributed by atoms with Gasteiger partial charge in [0, 0.05) is 23.3 Å². The molecule has 4 aliphatic carbocycles. The average molecular weight is 533 g/mol. The first-order chi connectivity index (χ1) is 18.2. The Bertz CT molecular complexity index is 1350. The number of nitro benzene ring substituents is 1. The lowest BCUT2D eigenvalue weighted by Gasteiger charge is -2.57. The molecule has 1 saturated heterocycles. The second-order valence-corrected chi connectivity index (χ2v) is 12.1. The topological polar surface area (TPSA) is 107 Å². The van der Waals surface area contributed by atoms with E-state index in [-0.39, 0.29) is 21.6 Å². The van der Waals surface area contributed by atoms with Gasteiger partial charge in [0.15, 0.2) is 5.78 Å². The second kappa shape index (κ2) is 9.38. The number of nitro groups is 1. The molecule has 0 aromatic heterocycles. The number of carbonyl (C=O) groups excluding carboxylic acids is 3. The van der Waals surface area contributed by atoms with E-state index in [1.807, 2.05) is 6.07 Å². The van der Waals surface area contributed by atoms with Crippen molar-refractivity contribution in [3.8, 4) is 5.75 Å². The van der Waals surface area contributed by atoms with Gasteiger partial charge >= 0.3 is 0 Å². The summed E-state index contributed by atoms with van der Waals surface area (Å²) in [5, 5.41) is 10.3. The maximum absolute atomic E-state index is 13.2. The van der Waals surface area contributed by atoms with Crippen LogP contribution in [0.2, 0.25) is 0 Å². The van der Waals surface area contributed by atoms with Crippen molar-refractivity contribution < 1.29 is 24.0 Å². The molecule has 0 radical (unpaired) electrons. The smallest absolute Gasteiger partial charge is 0.293 e. The van der Waals surface area contributed by atoms with Crippen LogP contribution >= 0.6 is 11.8 Å². The first kappa shape index (κ1) is 24.9. The van der Waals surface area contributed by atoms with Crippen molar-refractivity contribution >= 4 is 40.5 Å². The van der Waals surface area contributed by atoms with E-state index in [1.54, 1.807) is 13.2 Å². The molecule has 4 saturated carbocycles. The molecular weight excluding hydrogens is 504 g/mol. The van der Waals surface area contributed by atoms with Crippen molar-refractivity contribution in [2.75, 3.05) is 13.7 Å². The zero-order chi connectivity index (χ0) is 26.6. The molecule has 0 atom stereocenters. The van der Waals surface area contributed by atoms with Gasteiger partial charge in [-0.05, 0) is 109 Å². The minimum atomic E-state index is -0.554. The minimum Gasteiger partial charge on any atom is -0.496 e. The summed E-state index contributed by atoms with van der Waals surface area (Å²) < 4.78 is 5.60. The predicted octanol–water partition coefficient (Wildman–Crippen LogP) is 5.99. The number of hydrogen-bond acceptors (Lipinski definition) is 7. The fraction of sp³-hybridized carbons (Fsp3) is 0.414. The van der Waals surface area contributed by atoms with Gasteiger partial charge in [0.25, 0.3) is 16.8 Å². The van der Waals surface area contributed by atoms with Crippen molar-refractivity contribution in [3.05, 3.63) is 74.2 Å². The standard InChI is InChI=1S/C29H28N2O6S/c1-37-25-7-4-22(29-13-17-8-18(14-29)10-19(9-17)15-29)11-21(25)12-26-27(33)30(28(34)38-26)16-24(32)20-2-5-23(6-3-20)31(35)36/h2-7,11-12,17-19H,8-10,13-16H2,1H3/b26-12+. The van der Waals surface area contributed by atoms with Gasteiger partial charge in [0.1, 0.15) is 5.75 Å². The Morgan fingerprint density at radius 3 is 2.29 bits per heavy atom. The molecule has 0 spiro atoms. The zero-order valence-electron chi connectivity index (χ0n) is 21.1. The van der Waals surface area contributed by atoms with Gasteiger partial charge in [-0.3, -0.25) is 29.4 Å². The highest BCUT2D eigenvalue weighted by molar-refractivity contribution is 8.18. The molecule has 1 heterocycles. The van der Waals surface area contributed by atoms with Crippen LogP contribution in [0.1, 0.15) is 60.0 Å². The van der Waals surface area contributed by atoms with Crippen molar-refractivity contribution in [1.82, 2.24) is 4.90 Å². The summed E-state index contributed by atoms with van der Waals surface area (Å²) >= 11 is 0.806. The van der Waals surface area contributed by atoms with Crippen molar-refractivity contribution in [1.29, 1.82) is 0 Å². The number of carbonyl (C=O) groups is 3. The first-order valence-electron chi connectivity index (χ1n) is 13.0. The molecule has 5 fully saturated rings. The van der Waals surface area contributed by atoms with E-state index in [0.29, 0.717) is 5.75 Å². The monoisotopic (exact) mass is 532 g/mol. The third-order valence-electron chi connectivity index (χ3n) is 8.74. The van der Waals surface area contributed by atoms with E-state index in [4.69, 9.17) is 4.74 Å². The van der Waals surface area contributed by atoms with Crippen LogP contribution in [0.15, 0.2) is 47.4 Å². The molecule has 2 amide bonds. The fourth-order valence-corrected chi connectivity index (χ4v) is 8.25. The number of nitrogens with zero attached hydrogens (tertiary/aromatic N) is 2. The molecule has 1 aliphatic heterocycles. The lowest BCUT2D eigenvalue weighted by Crippen LogP contribution is -2.48. The maximum Gasteiger partial charge on any atom is 0.293 e. The summed E-state index contributed by atoms with van der Waals surface area (Å²) in [7, 11) is 1.59. The largest absolute Gasteiger partial charge is 0.496 e. The number of benzene rings is 2. The molecule has 9 heteroatoms. The Balaban J connectivity index is 1.24. The van der Waals surface area contributed by atoms with Crippen LogP contribution < -0.4 is 4.74 Å². The number of hydrogen-bond donors (Lipinski definition) is 0. The molecule has 4 bridgehead atoms. The summed E-state index contributed by atoms with van der Waals surface area (Å²) in [6.07, 6.45) is 9.41. The fourth-order valence-electron chi connectivity index (χ4n) is 7.42. The molecule has 8 nitrogen and oxygen atoms in total. The van der Waals surface area contributed by atoms with Crippen LogP contribution in [0.4, 0.5) is 10.5 Å². The maximum atomic E-state index is 13.2. The number of thioether (sulfide) groups is 1. The molecule has 7 rings (SSSR count). The second-order valence-electron chi connectivity index (χ2n) is 11.1. The van der Waals surface area contributed by atoms with E-state index in [1.165, 1.54) is 68.4 Å². The van der Waals surface area contributed by atoms with Gasteiger partial charge in [0.05, 0.1) is 23.5 Å². The Morgan fingerprint density at radius 2 is 1.71 bits per heavy atom. The third kappa shape index (κ3) is 4.32. The number of ketones is 1. The number of amides is 2. The summed E-state index contributed by atoms with van der Waals surface area (Å²) in [5.41, 5.74) is 2.29. The van der Waals surface area contributed by atoms with E-state index in [9.17, 15) is 24.5 Å². The number of Topliss-reactive ketones (excluding diaryl/α,β-unsaturated/α-hetero) is 1. The molecule has 2 aromatic rings. The quantitative estimate of drug-likeness (QED) is 0.187. The van der Waals surface area contributed by atoms with Crippen LogP contribution in [0.5, 0.6) is 5.75 Å². The van der Waals surface area contributed by atoms with E-state index in [2.05, 4.69) is 12.1 Å². The van der Waals surface area contributed by atoms with Crippen molar-refractivity contribution in [2.24, 2.45) is 17.8 Å². The predicted molar refractivity (Wildman–Crippen MR) is 143 cm³/mol. The number of rotatable bonds is 7. The van der Waals surface area contributed by atoms with E-state index in [0.717, 1.165) is 40.0 Å². The zero-order valence-corrected chi connectivity index (χ0v) is 21.9. The third-order valence-corrected chi connectivity index (χ3v) is 9.65. The highest BCUT2D eigenvalue weighted by atomic mass is 32.2. The van der Waals surface area contributed by atoms with Crippen LogP contribution in [-0.4, -0.2) is 40.4 Å². The lowest BCUT2D eigenvalue weighted by atomic mass is 9.48. The van der Waals surface area contributed by atoms with Gasteiger partial charge in [-0.15, -0.1) is 0 Å². The number of ether oxygens (including phenoxy) is 1. The lowest BCUT2D eigenvalue weighted by molar-refractivity contribution is -0.384. The van der Waals surface area contributed by atoms with Crippen molar-refractivity contribution in [3.63, 3.8) is 0 Å². The van der Waals surface area contributed by atoms with Crippen LogP contribution in [-0.2, 0) is 10.2 Å². The minimum absolute atomic E-state index is 0.139. The number of imide groups is 1. The number of non-ortho nitro benzene ring substituents is 1. The Kier molecular flexibility index (Phi) is 6.13. The van der Waals surface area contributed by atoms with E-state index < -0.39 is 28.4 Å². The Hall–Kier alpha value is -3.46. The van der Waals surface area contributed by atoms with Gasteiger partial charge < -0.3 is 4.74 Å². The normalized spacial score (nSPS) is 28.8. The Labute approximate surface area is 224 Å². The van der Waals surface area contributed by atoms with Crippen molar-refractivity contribution in [2.45, 2.75) is 43.9 Å². The van der Waals surface area contributed by atoms with Crippen LogP contribution in [0.25, 0.3) is 6.08 Å².